The van der Waals surface area contributed by atoms with Gasteiger partial charge in [0.15, 0.2) is 0 Å². The maximum atomic E-state index is 5.51. The van der Waals surface area contributed by atoms with Crippen LogP contribution in [0.2, 0.25) is 0 Å². The van der Waals surface area contributed by atoms with Crippen molar-refractivity contribution in [3.8, 4) is 0 Å². The van der Waals surface area contributed by atoms with Crippen LogP contribution in [0, 0.1) is 0 Å². The van der Waals surface area contributed by atoms with Gasteiger partial charge in [-0.1, -0.05) is 19.8 Å². The van der Waals surface area contributed by atoms with Crippen molar-refractivity contribution in [1.82, 2.24) is 4.98 Å². The third-order valence-corrected chi connectivity index (χ3v) is 1.95. The van der Waals surface area contributed by atoms with Crippen LogP contribution in [0.15, 0.2) is 10.6 Å². The SMILES string of the molecule is CCCCCc1cnc(N(C)C)o1. The van der Waals surface area contributed by atoms with Crippen LogP contribution >= 0.6 is 0 Å². The molecule has 0 aliphatic carbocycles. The summed E-state index contributed by atoms with van der Waals surface area (Å²) in [6.45, 7) is 2.20. The van der Waals surface area contributed by atoms with Crippen LogP contribution in [-0.4, -0.2) is 19.1 Å². The number of aromatic nitrogens is 1. The molecule has 0 radical (unpaired) electrons. The van der Waals surface area contributed by atoms with E-state index >= 15 is 0 Å². The average Bonchev–Trinajstić information content (AvgIpc) is 2.53. The number of nitrogens with zero attached hydrogens (tertiary/aromatic N) is 2. The normalized spacial score (nSPS) is 10.4. The van der Waals surface area contributed by atoms with Crippen molar-refractivity contribution >= 4 is 6.01 Å². The Kier molecular flexibility index (Phi) is 3.80. The molecule has 1 aromatic heterocycles. The zero-order chi connectivity index (χ0) is 9.68. The Morgan fingerprint density at radius 1 is 1.38 bits per heavy atom. The minimum absolute atomic E-state index is 0.700. The third-order valence-electron chi connectivity index (χ3n) is 1.95. The van der Waals surface area contributed by atoms with Gasteiger partial charge < -0.3 is 9.32 Å². The summed E-state index contributed by atoms with van der Waals surface area (Å²) >= 11 is 0. The van der Waals surface area contributed by atoms with Crippen molar-refractivity contribution < 1.29 is 4.42 Å². The molecular weight excluding hydrogens is 164 g/mol. The second kappa shape index (κ2) is 4.90. The third kappa shape index (κ3) is 3.09. The summed E-state index contributed by atoms with van der Waals surface area (Å²) < 4.78 is 5.51. The smallest absolute Gasteiger partial charge is 0.296 e. The van der Waals surface area contributed by atoms with Gasteiger partial charge in [0, 0.05) is 20.5 Å². The quantitative estimate of drug-likeness (QED) is 0.655. The highest BCUT2D eigenvalue weighted by molar-refractivity contribution is 5.22. The molecule has 0 spiro atoms. The molecule has 0 aliphatic heterocycles. The predicted molar refractivity (Wildman–Crippen MR) is 54.1 cm³/mol. The van der Waals surface area contributed by atoms with E-state index < -0.39 is 0 Å². The monoisotopic (exact) mass is 182 g/mol. The minimum Gasteiger partial charge on any atom is -0.429 e. The first kappa shape index (κ1) is 10.1. The van der Waals surface area contributed by atoms with Crippen LogP contribution in [0.3, 0.4) is 0 Å². The topological polar surface area (TPSA) is 29.3 Å². The van der Waals surface area contributed by atoms with Gasteiger partial charge in [0.05, 0.1) is 6.20 Å². The van der Waals surface area contributed by atoms with Crippen LogP contribution in [0.5, 0.6) is 0 Å². The molecule has 0 fully saturated rings. The molecule has 3 nitrogen and oxygen atoms in total. The molecule has 0 bridgehead atoms. The van der Waals surface area contributed by atoms with Gasteiger partial charge in [0.1, 0.15) is 5.76 Å². The predicted octanol–water partition coefficient (Wildman–Crippen LogP) is 2.47. The number of hydrogen-bond acceptors (Lipinski definition) is 3. The Balaban J connectivity index is 2.40. The highest BCUT2D eigenvalue weighted by atomic mass is 16.4. The van der Waals surface area contributed by atoms with E-state index in [1.165, 1.54) is 19.3 Å². The molecule has 3 heteroatoms. The Hall–Kier alpha value is -0.990. The standard InChI is InChI=1S/C10H18N2O/c1-4-5-6-7-9-8-11-10(13-9)12(2)3/h8H,4-7H2,1-3H3. The number of rotatable bonds is 5. The summed E-state index contributed by atoms with van der Waals surface area (Å²) in [5.41, 5.74) is 0. The van der Waals surface area contributed by atoms with Crippen molar-refractivity contribution in [3.05, 3.63) is 12.0 Å². The van der Waals surface area contributed by atoms with E-state index in [-0.39, 0.29) is 0 Å². The lowest BCUT2D eigenvalue weighted by Gasteiger charge is -2.04. The first-order chi connectivity index (χ1) is 6.24. The molecule has 0 aromatic carbocycles. The maximum absolute atomic E-state index is 5.51. The molecule has 1 rings (SSSR count). The fraction of sp³-hybridized carbons (Fsp3) is 0.700. The fourth-order valence-corrected chi connectivity index (χ4v) is 1.17. The Morgan fingerprint density at radius 2 is 2.15 bits per heavy atom. The second-order valence-corrected chi connectivity index (χ2v) is 3.46. The van der Waals surface area contributed by atoms with E-state index in [0.717, 1.165) is 12.2 Å². The zero-order valence-electron chi connectivity index (χ0n) is 8.71. The van der Waals surface area contributed by atoms with E-state index in [1.54, 1.807) is 0 Å². The van der Waals surface area contributed by atoms with Gasteiger partial charge in [-0.25, -0.2) is 4.98 Å². The van der Waals surface area contributed by atoms with Crippen LogP contribution < -0.4 is 4.90 Å². The van der Waals surface area contributed by atoms with Gasteiger partial charge in [-0.2, -0.15) is 0 Å². The number of anilines is 1. The number of oxazole rings is 1. The molecule has 0 amide bonds. The summed E-state index contributed by atoms with van der Waals surface area (Å²) in [4.78, 5) is 6.03. The van der Waals surface area contributed by atoms with Crippen LogP contribution in [-0.2, 0) is 6.42 Å². The number of aryl methyl sites for hydroxylation is 1. The maximum Gasteiger partial charge on any atom is 0.296 e. The zero-order valence-corrected chi connectivity index (χ0v) is 8.71. The molecule has 74 valence electrons. The van der Waals surface area contributed by atoms with Crippen LogP contribution in [0.4, 0.5) is 6.01 Å². The summed E-state index contributed by atoms with van der Waals surface area (Å²) in [5.74, 6) is 0.997. The van der Waals surface area contributed by atoms with Crippen molar-refractivity contribution in [2.24, 2.45) is 0 Å². The highest BCUT2D eigenvalue weighted by Crippen LogP contribution is 2.13. The van der Waals surface area contributed by atoms with Gasteiger partial charge >= 0.3 is 0 Å². The minimum atomic E-state index is 0.700. The first-order valence-electron chi connectivity index (χ1n) is 4.86. The van der Waals surface area contributed by atoms with E-state index in [2.05, 4.69) is 11.9 Å². The molecular formula is C10H18N2O. The number of hydrogen-bond donors (Lipinski definition) is 0. The summed E-state index contributed by atoms with van der Waals surface area (Å²) in [5, 5.41) is 0. The largest absolute Gasteiger partial charge is 0.429 e. The molecule has 1 aromatic rings. The highest BCUT2D eigenvalue weighted by Gasteiger charge is 2.04. The van der Waals surface area contributed by atoms with Crippen molar-refractivity contribution in [1.29, 1.82) is 0 Å². The lowest BCUT2D eigenvalue weighted by atomic mass is 10.2. The Morgan fingerprint density at radius 3 is 2.69 bits per heavy atom. The lowest BCUT2D eigenvalue weighted by Crippen LogP contribution is -2.08. The van der Waals surface area contributed by atoms with Gasteiger partial charge in [0.25, 0.3) is 6.01 Å². The van der Waals surface area contributed by atoms with E-state index in [9.17, 15) is 0 Å². The molecule has 0 saturated heterocycles. The molecule has 0 saturated carbocycles. The van der Waals surface area contributed by atoms with Crippen LogP contribution in [0.25, 0.3) is 0 Å². The van der Waals surface area contributed by atoms with Crippen molar-refractivity contribution in [2.75, 3.05) is 19.0 Å². The first-order valence-corrected chi connectivity index (χ1v) is 4.86. The second-order valence-electron chi connectivity index (χ2n) is 3.46. The van der Waals surface area contributed by atoms with Gasteiger partial charge in [0.2, 0.25) is 0 Å². The average molecular weight is 182 g/mol. The summed E-state index contributed by atoms with van der Waals surface area (Å²) in [6.07, 6.45) is 6.53. The van der Waals surface area contributed by atoms with Crippen LogP contribution in [0.1, 0.15) is 31.9 Å². The lowest BCUT2D eigenvalue weighted by molar-refractivity contribution is 0.494. The summed E-state index contributed by atoms with van der Waals surface area (Å²) in [7, 11) is 3.86. The number of unbranched alkanes of at least 4 members (excludes halogenated alkanes) is 2. The molecule has 0 unspecified atom stereocenters. The van der Waals surface area contributed by atoms with Gasteiger partial charge in [-0.3, -0.25) is 0 Å². The van der Waals surface area contributed by atoms with Gasteiger partial charge in [-0.05, 0) is 6.42 Å². The Bertz CT molecular complexity index is 243. The molecule has 1 heterocycles. The molecule has 0 aliphatic rings. The van der Waals surface area contributed by atoms with E-state index in [4.69, 9.17) is 4.42 Å². The van der Waals surface area contributed by atoms with Gasteiger partial charge in [-0.15, -0.1) is 0 Å². The molecule has 13 heavy (non-hydrogen) atoms. The van der Waals surface area contributed by atoms with E-state index in [0.29, 0.717) is 6.01 Å². The van der Waals surface area contributed by atoms with Crippen molar-refractivity contribution in [3.63, 3.8) is 0 Å². The Labute approximate surface area is 79.8 Å². The van der Waals surface area contributed by atoms with E-state index in [1.807, 2.05) is 25.2 Å². The molecule has 0 atom stereocenters. The summed E-state index contributed by atoms with van der Waals surface area (Å²) in [6, 6.07) is 0.700. The van der Waals surface area contributed by atoms with Crippen molar-refractivity contribution in [2.45, 2.75) is 32.6 Å². The fourth-order valence-electron chi connectivity index (χ4n) is 1.17. The molecule has 0 N–H and O–H groups in total.